The molecule has 0 aromatic rings. The van der Waals surface area contributed by atoms with E-state index in [-0.39, 0.29) is 6.04 Å². The van der Waals surface area contributed by atoms with Crippen LogP contribution in [0, 0.1) is 0 Å². The highest BCUT2D eigenvalue weighted by Gasteiger charge is 2.46. The van der Waals surface area contributed by atoms with Crippen LogP contribution >= 0.6 is 0 Å². The number of hydrogen-bond acceptors (Lipinski definition) is 7. The van der Waals surface area contributed by atoms with Crippen molar-refractivity contribution in [1.82, 2.24) is 10.4 Å². The van der Waals surface area contributed by atoms with E-state index in [2.05, 4.69) is 5.32 Å². The smallest absolute Gasteiger partial charge is 0.321 e. The van der Waals surface area contributed by atoms with Crippen LogP contribution in [0.2, 0.25) is 0 Å². The van der Waals surface area contributed by atoms with Crippen molar-refractivity contribution >= 4 is 22.0 Å². The summed E-state index contributed by atoms with van der Waals surface area (Å²) < 4.78 is 32.8. The van der Waals surface area contributed by atoms with Crippen molar-refractivity contribution in [3.8, 4) is 0 Å². The first-order valence-electron chi connectivity index (χ1n) is 7.52. The molecule has 0 aliphatic carbocycles. The van der Waals surface area contributed by atoms with Crippen LogP contribution in [0.25, 0.3) is 0 Å². The zero-order chi connectivity index (χ0) is 18.9. The monoisotopic (exact) mass is 365 g/mol. The summed E-state index contributed by atoms with van der Waals surface area (Å²) in [6.07, 6.45) is 0.155. The maximum absolute atomic E-state index is 12.0. The first-order valence-corrected chi connectivity index (χ1v) is 8.99. The molecule has 1 rings (SSSR count). The average Bonchev–Trinajstić information content (AvgIpc) is 2.31. The molecule has 0 bridgehead atoms. The number of hydroxylamine groups is 2. The maximum atomic E-state index is 12.0. The number of amides is 1. The third kappa shape index (κ3) is 4.88. The van der Waals surface area contributed by atoms with Gasteiger partial charge >= 0.3 is 5.97 Å². The fourth-order valence-electron chi connectivity index (χ4n) is 3.63. The number of carbonyl (C=O) groups is 2. The summed E-state index contributed by atoms with van der Waals surface area (Å²) in [6, 6.07) is -0.294. The van der Waals surface area contributed by atoms with Gasteiger partial charge in [0.1, 0.15) is 10.1 Å². The number of nitrogens with zero attached hydrogens (tertiary/aromatic N) is 1. The normalized spacial score (nSPS) is 22.8. The van der Waals surface area contributed by atoms with Crippen molar-refractivity contribution in [2.24, 2.45) is 0 Å². The Hall–Kier alpha value is -1.23. The van der Waals surface area contributed by atoms with Crippen LogP contribution in [-0.4, -0.2) is 64.5 Å². The third-order valence-electron chi connectivity index (χ3n) is 4.13. The van der Waals surface area contributed by atoms with Gasteiger partial charge in [-0.2, -0.15) is 5.06 Å². The molecule has 1 aliphatic heterocycles. The highest BCUT2D eigenvalue weighted by Crippen LogP contribution is 2.38. The zero-order valence-electron chi connectivity index (χ0n) is 14.5. The molecular weight excluding hydrogens is 340 g/mol. The SMILES string of the molecule is CON1C(C)(C)CC(NC(=O)CC(C(=O)O)S(=O)(=O)[O-])CC1(C)C. The lowest BCUT2D eigenvalue weighted by Gasteiger charge is -2.53. The zero-order valence-corrected chi connectivity index (χ0v) is 15.3. The average molecular weight is 365 g/mol. The van der Waals surface area contributed by atoms with E-state index in [1.165, 1.54) is 0 Å². The second-order valence-electron chi connectivity index (χ2n) is 7.30. The summed E-state index contributed by atoms with van der Waals surface area (Å²) in [4.78, 5) is 28.3. The molecule has 1 unspecified atom stereocenters. The molecule has 1 atom stereocenters. The third-order valence-corrected chi connectivity index (χ3v) is 5.20. The van der Waals surface area contributed by atoms with Gasteiger partial charge in [-0.05, 0) is 40.5 Å². The van der Waals surface area contributed by atoms with Crippen LogP contribution in [0.4, 0.5) is 0 Å². The Morgan fingerprint density at radius 1 is 1.29 bits per heavy atom. The molecule has 1 heterocycles. The molecule has 1 amide bonds. The topological polar surface area (TPSA) is 136 Å². The highest BCUT2D eigenvalue weighted by molar-refractivity contribution is 7.87. The van der Waals surface area contributed by atoms with Crippen molar-refractivity contribution in [2.75, 3.05) is 7.11 Å². The van der Waals surface area contributed by atoms with Gasteiger partial charge in [0.05, 0.1) is 13.5 Å². The van der Waals surface area contributed by atoms with Crippen molar-refractivity contribution < 1.29 is 32.5 Å². The number of nitrogens with one attached hydrogen (secondary N) is 1. The summed E-state index contributed by atoms with van der Waals surface area (Å²) >= 11 is 0. The molecule has 140 valence electrons. The van der Waals surface area contributed by atoms with Gasteiger partial charge in [0.2, 0.25) is 5.91 Å². The van der Waals surface area contributed by atoms with Gasteiger partial charge in [-0.15, -0.1) is 0 Å². The number of rotatable bonds is 6. The number of carboxylic acid groups (broad SMARTS) is 1. The molecule has 0 aromatic carbocycles. The number of aliphatic carboxylic acids is 1. The molecule has 0 saturated carbocycles. The summed E-state index contributed by atoms with van der Waals surface area (Å²) in [5.41, 5.74) is -0.795. The highest BCUT2D eigenvalue weighted by atomic mass is 32.2. The fraction of sp³-hybridized carbons (Fsp3) is 0.857. The Labute approximate surface area is 142 Å². The minimum absolute atomic E-state index is 0.294. The van der Waals surface area contributed by atoms with E-state index in [0.717, 1.165) is 0 Å². The fourth-order valence-corrected chi connectivity index (χ4v) is 4.23. The molecule has 24 heavy (non-hydrogen) atoms. The predicted molar refractivity (Wildman–Crippen MR) is 83.9 cm³/mol. The molecule has 0 spiro atoms. The molecule has 2 N–H and O–H groups in total. The Bertz CT molecular complexity index is 582. The van der Waals surface area contributed by atoms with Crippen LogP contribution < -0.4 is 5.32 Å². The molecule has 10 heteroatoms. The van der Waals surface area contributed by atoms with Gasteiger partial charge in [-0.1, -0.05) is 0 Å². The quantitative estimate of drug-likeness (QED) is 0.631. The van der Waals surface area contributed by atoms with Gasteiger partial charge in [-0.3, -0.25) is 9.59 Å². The summed E-state index contributed by atoms with van der Waals surface area (Å²) in [5, 5.41) is 11.0. The Balaban J connectivity index is 2.83. The second kappa shape index (κ2) is 6.95. The molecule has 0 aromatic heterocycles. The standard InChI is InChI=1S/C14H26N2O7S/c1-13(2)7-9(8-14(3,4)16(13)23-5)15-11(17)6-10(12(18)19)24(20,21)22/h9-10H,6-8H2,1-5H3,(H,15,17)(H,18,19)(H,20,21,22)/p-1. The largest absolute Gasteiger partial charge is 0.747 e. The van der Waals surface area contributed by atoms with Crippen molar-refractivity contribution in [1.29, 1.82) is 0 Å². The van der Waals surface area contributed by atoms with E-state index in [0.29, 0.717) is 12.8 Å². The number of carboxylic acids is 1. The molecule has 1 aliphatic rings. The Morgan fingerprint density at radius 2 is 1.75 bits per heavy atom. The summed E-state index contributed by atoms with van der Waals surface area (Å²) in [7, 11) is -3.53. The van der Waals surface area contributed by atoms with E-state index in [9.17, 15) is 22.6 Å². The van der Waals surface area contributed by atoms with Crippen LogP contribution in [0.15, 0.2) is 0 Å². The van der Waals surface area contributed by atoms with Crippen LogP contribution in [-0.2, 0) is 24.5 Å². The lowest BCUT2D eigenvalue weighted by Crippen LogP contribution is -2.63. The van der Waals surface area contributed by atoms with Crippen LogP contribution in [0.1, 0.15) is 47.0 Å². The van der Waals surface area contributed by atoms with Crippen molar-refractivity contribution in [3.63, 3.8) is 0 Å². The van der Waals surface area contributed by atoms with Gasteiger partial charge in [0.15, 0.2) is 5.25 Å². The molecule has 1 saturated heterocycles. The van der Waals surface area contributed by atoms with Crippen LogP contribution in [0.3, 0.4) is 0 Å². The Morgan fingerprint density at radius 3 is 2.08 bits per heavy atom. The van der Waals surface area contributed by atoms with E-state index >= 15 is 0 Å². The first kappa shape index (κ1) is 20.8. The maximum Gasteiger partial charge on any atom is 0.321 e. The van der Waals surface area contributed by atoms with Crippen molar-refractivity contribution in [2.45, 2.75) is 69.3 Å². The minimum atomic E-state index is -5.10. The van der Waals surface area contributed by atoms with E-state index < -0.39 is 44.7 Å². The van der Waals surface area contributed by atoms with Crippen molar-refractivity contribution in [3.05, 3.63) is 0 Å². The number of carbonyl (C=O) groups excluding carboxylic acids is 1. The predicted octanol–water partition coefficient (Wildman–Crippen LogP) is 0.0741. The van der Waals surface area contributed by atoms with Gasteiger partial charge in [0.25, 0.3) is 0 Å². The van der Waals surface area contributed by atoms with Gasteiger partial charge < -0.3 is 19.8 Å². The van der Waals surface area contributed by atoms with Crippen LogP contribution in [0.5, 0.6) is 0 Å². The van der Waals surface area contributed by atoms with E-state index in [4.69, 9.17) is 9.94 Å². The first-order chi connectivity index (χ1) is 10.7. The van der Waals surface area contributed by atoms with Gasteiger partial charge in [-0.25, -0.2) is 8.42 Å². The molecular formula is C14H25N2O7S-. The summed E-state index contributed by atoms with van der Waals surface area (Å²) in [5.74, 6) is -2.60. The lowest BCUT2D eigenvalue weighted by molar-refractivity contribution is -0.267. The minimum Gasteiger partial charge on any atom is -0.747 e. The summed E-state index contributed by atoms with van der Waals surface area (Å²) in [6.45, 7) is 7.77. The Kier molecular flexibility index (Phi) is 6.02. The lowest BCUT2D eigenvalue weighted by atomic mass is 9.79. The molecule has 0 radical (unpaired) electrons. The molecule has 9 nitrogen and oxygen atoms in total. The van der Waals surface area contributed by atoms with E-state index in [1.54, 1.807) is 7.11 Å². The van der Waals surface area contributed by atoms with Gasteiger partial charge in [0, 0.05) is 17.1 Å². The van der Waals surface area contributed by atoms with E-state index in [1.807, 2.05) is 32.8 Å². The number of piperidine rings is 1. The molecule has 1 fully saturated rings. The second-order valence-corrected chi connectivity index (χ2v) is 8.85. The number of hydrogen-bond donors (Lipinski definition) is 2.